The third-order valence-corrected chi connectivity index (χ3v) is 3.94. The zero-order valence-corrected chi connectivity index (χ0v) is 12.2. The van der Waals surface area contributed by atoms with Crippen molar-refractivity contribution in [3.63, 3.8) is 0 Å². The molecule has 0 fully saturated rings. The molecular formula is C10H11BrClN5O. The van der Waals surface area contributed by atoms with Crippen molar-refractivity contribution in [1.82, 2.24) is 19.3 Å². The van der Waals surface area contributed by atoms with Crippen LogP contribution in [0.2, 0.25) is 5.15 Å². The molecule has 0 aliphatic heterocycles. The second-order valence-corrected chi connectivity index (χ2v) is 5.00. The van der Waals surface area contributed by atoms with Crippen molar-refractivity contribution in [3.05, 3.63) is 37.7 Å². The van der Waals surface area contributed by atoms with Crippen molar-refractivity contribution in [2.24, 2.45) is 7.05 Å². The monoisotopic (exact) mass is 331 g/mol. The summed E-state index contributed by atoms with van der Waals surface area (Å²) >= 11 is 9.12. The molecule has 0 aliphatic rings. The summed E-state index contributed by atoms with van der Waals surface area (Å²) in [6.07, 6.45) is 1.37. The normalized spacial score (nSPS) is 10.9. The van der Waals surface area contributed by atoms with Crippen LogP contribution in [-0.4, -0.2) is 19.3 Å². The minimum absolute atomic E-state index is 0.0245. The first-order valence-corrected chi connectivity index (χ1v) is 6.27. The highest BCUT2D eigenvalue weighted by Crippen LogP contribution is 2.20. The number of aryl methyl sites for hydroxylation is 2. The minimum Gasteiger partial charge on any atom is -0.392 e. The number of anilines is 1. The molecule has 2 N–H and O–H groups in total. The van der Waals surface area contributed by atoms with Crippen molar-refractivity contribution >= 4 is 33.2 Å². The molecular weight excluding hydrogens is 322 g/mol. The third kappa shape index (κ3) is 2.15. The van der Waals surface area contributed by atoms with Crippen molar-refractivity contribution < 1.29 is 0 Å². The maximum atomic E-state index is 11.9. The molecule has 0 aliphatic carbocycles. The van der Waals surface area contributed by atoms with Gasteiger partial charge in [0.2, 0.25) is 0 Å². The van der Waals surface area contributed by atoms with E-state index in [-0.39, 0.29) is 16.4 Å². The number of halogens is 2. The molecule has 0 unspecified atom stereocenters. The number of nitrogens with two attached hydrogens (primary N) is 1. The maximum absolute atomic E-state index is 11.9. The van der Waals surface area contributed by atoms with Crippen LogP contribution in [0.1, 0.15) is 11.4 Å². The molecule has 0 amide bonds. The molecule has 0 saturated carbocycles. The van der Waals surface area contributed by atoms with E-state index in [0.29, 0.717) is 6.54 Å². The molecule has 96 valence electrons. The fourth-order valence-corrected chi connectivity index (χ4v) is 2.20. The molecule has 2 aromatic rings. The van der Waals surface area contributed by atoms with Gasteiger partial charge in [0.25, 0.3) is 5.56 Å². The standard InChI is InChI=1S/C10H11BrClN5O/c1-5-7(11)6(16(2)15-5)3-17-4-14-9(12)8(13)10(17)18/h4H,3,13H2,1-2H3. The predicted octanol–water partition coefficient (Wildman–Crippen LogP) is 1.33. The molecule has 0 bridgehead atoms. The summed E-state index contributed by atoms with van der Waals surface area (Å²) in [7, 11) is 1.81. The van der Waals surface area contributed by atoms with Crippen molar-refractivity contribution in [1.29, 1.82) is 0 Å². The van der Waals surface area contributed by atoms with Crippen LogP contribution in [0.25, 0.3) is 0 Å². The van der Waals surface area contributed by atoms with E-state index >= 15 is 0 Å². The number of aromatic nitrogens is 4. The van der Waals surface area contributed by atoms with Crippen LogP contribution in [0.3, 0.4) is 0 Å². The van der Waals surface area contributed by atoms with Gasteiger partial charge in [-0.2, -0.15) is 5.10 Å². The Hall–Kier alpha value is -1.34. The van der Waals surface area contributed by atoms with Crippen LogP contribution in [0.5, 0.6) is 0 Å². The summed E-state index contributed by atoms with van der Waals surface area (Å²) < 4.78 is 3.96. The average molecular weight is 333 g/mol. The number of nitrogen functional groups attached to an aromatic ring is 1. The Morgan fingerprint density at radius 2 is 2.22 bits per heavy atom. The maximum Gasteiger partial charge on any atom is 0.278 e. The van der Waals surface area contributed by atoms with Gasteiger partial charge in [-0.15, -0.1) is 0 Å². The topological polar surface area (TPSA) is 78.7 Å². The van der Waals surface area contributed by atoms with E-state index in [1.165, 1.54) is 10.9 Å². The molecule has 0 aromatic carbocycles. The Labute approximate surface area is 117 Å². The van der Waals surface area contributed by atoms with E-state index in [1.54, 1.807) is 4.68 Å². The highest BCUT2D eigenvalue weighted by atomic mass is 79.9. The SMILES string of the molecule is Cc1nn(C)c(Cn2cnc(Cl)c(N)c2=O)c1Br. The van der Waals surface area contributed by atoms with Crippen LogP contribution in [0.15, 0.2) is 15.6 Å². The first-order valence-electron chi connectivity index (χ1n) is 5.10. The van der Waals surface area contributed by atoms with E-state index < -0.39 is 0 Å². The van der Waals surface area contributed by atoms with Crippen LogP contribution in [0.4, 0.5) is 5.69 Å². The van der Waals surface area contributed by atoms with Gasteiger partial charge in [0.05, 0.1) is 28.7 Å². The second-order valence-electron chi connectivity index (χ2n) is 3.85. The van der Waals surface area contributed by atoms with Gasteiger partial charge in [0, 0.05) is 7.05 Å². The molecule has 0 saturated heterocycles. The fraction of sp³-hybridized carbons (Fsp3) is 0.300. The molecule has 2 heterocycles. The number of hydrogen-bond donors (Lipinski definition) is 1. The van der Waals surface area contributed by atoms with Crippen LogP contribution in [-0.2, 0) is 13.6 Å². The predicted molar refractivity (Wildman–Crippen MR) is 72.7 cm³/mol. The zero-order chi connectivity index (χ0) is 13.4. The Morgan fingerprint density at radius 1 is 1.56 bits per heavy atom. The van der Waals surface area contributed by atoms with E-state index in [9.17, 15) is 4.79 Å². The van der Waals surface area contributed by atoms with Gasteiger partial charge in [-0.3, -0.25) is 14.0 Å². The van der Waals surface area contributed by atoms with Crippen LogP contribution >= 0.6 is 27.5 Å². The summed E-state index contributed by atoms with van der Waals surface area (Å²) in [6.45, 7) is 2.20. The van der Waals surface area contributed by atoms with Gasteiger partial charge in [-0.25, -0.2) is 4.98 Å². The smallest absolute Gasteiger partial charge is 0.278 e. The first kappa shape index (κ1) is 13.1. The summed E-state index contributed by atoms with van der Waals surface area (Å²) in [5.74, 6) is 0. The molecule has 8 heteroatoms. The third-order valence-electron chi connectivity index (χ3n) is 2.61. The van der Waals surface area contributed by atoms with Crippen LogP contribution in [0, 0.1) is 6.92 Å². The number of rotatable bonds is 2. The molecule has 6 nitrogen and oxygen atoms in total. The fourth-order valence-electron chi connectivity index (χ4n) is 1.61. The minimum atomic E-state index is -0.360. The van der Waals surface area contributed by atoms with E-state index in [0.717, 1.165) is 15.9 Å². The largest absolute Gasteiger partial charge is 0.392 e. The van der Waals surface area contributed by atoms with Gasteiger partial charge in [-0.05, 0) is 22.9 Å². The lowest BCUT2D eigenvalue weighted by atomic mass is 10.3. The highest BCUT2D eigenvalue weighted by molar-refractivity contribution is 9.10. The summed E-state index contributed by atoms with van der Waals surface area (Å²) in [6, 6.07) is 0. The van der Waals surface area contributed by atoms with Gasteiger partial charge in [0.15, 0.2) is 5.15 Å². The summed E-state index contributed by atoms with van der Waals surface area (Å²) in [4.78, 5) is 15.8. The highest BCUT2D eigenvalue weighted by Gasteiger charge is 2.13. The van der Waals surface area contributed by atoms with E-state index in [1.807, 2.05) is 14.0 Å². The van der Waals surface area contributed by atoms with Gasteiger partial charge < -0.3 is 5.73 Å². The number of nitrogens with zero attached hydrogens (tertiary/aromatic N) is 4. The van der Waals surface area contributed by atoms with Gasteiger partial charge in [-0.1, -0.05) is 11.6 Å². The van der Waals surface area contributed by atoms with Crippen molar-refractivity contribution in [2.75, 3.05) is 5.73 Å². The zero-order valence-electron chi connectivity index (χ0n) is 9.81. The van der Waals surface area contributed by atoms with E-state index in [2.05, 4.69) is 26.0 Å². The van der Waals surface area contributed by atoms with Crippen molar-refractivity contribution in [2.45, 2.75) is 13.5 Å². The summed E-state index contributed by atoms with van der Waals surface area (Å²) in [5, 5.41) is 4.28. The molecule has 0 radical (unpaired) electrons. The molecule has 2 rings (SSSR count). The molecule has 2 aromatic heterocycles. The average Bonchev–Trinajstić information content (AvgIpc) is 2.56. The van der Waals surface area contributed by atoms with Gasteiger partial charge >= 0.3 is 0 Å². The summed E-state index contributed by atoms with van der Waals surface area (Å²) in [5.41, 5.74) is 6.86. The Bertz CT molecular complexity index is 663. The molecule has 18 heavy (non-hydrogen) atoms. The van der Waals surface area contributed by atoms with Crippen LogP contribution < -0.4 is 11.3 Å². The van der Waals surface area contributed by atoms with E-state index in [4.69, 9.17) is 17.3 Å². The van der Waals surface area contributed by atoms with Gasteiger partial charge in [0.1, 0.15) is 5.69 Å². The Morgan fingerprint density at radius 3 is 2.78 bits per heavy atom. The Kier molecular flexibility index (Phi) is 3.45. The number of hydrogen-bond acceptors (Lipinski definition) is 4. The lowest BCUT2D eigenvalue weighted by molar-refractivity contribution is 0.643. The Balaban J connectivity index is 2.47. The first-order chi connectivity index (χ1) is 8.41. The lowest BCUT2D eigenvalue weighted by Gasteiger charge is -2.07. The lowest BCUT2D eigenvalue weighted by Crippen LogP contribution is -2.25. The van der Waals surface area contributed by atoms with Crippen molar-refractivity contribution in [3.8, 4) is 0 Å². The molecule has 0 spiro atoms. The molecule has 0 atom stereocenters. The second kappa shape index (κ2) is 4.74. The quantitative estimate of drug-likeness (QED) is 0.842.